The predicted molar refractivity (Wildman–Crippen MR) is 134 cm³/mol. The van der Waals surface area contributed by atoms with Crippen LogP contribution < -0.4 is 0 Å². The molecule has 0 spiro atoms. The minimum absolute atomic E-state index is 0.152. The molecule has 0 radical (unpaired) electrons. The second kappa shape index (κ2) is 8.63. The fraction of sp³-hybridized carbons (Fsp3) is 0.500. The molecule has 1 N–H and O–H groups in total. The van der Waals surface area contributed by atoms with Gasteiger partial charge >= 0.3 is 0 Å². The number of rotatable bonds is 7. The molecule has 2 aromatic carbocycles. The van der Waals surface area contributed by atoms with Crippen molar-refractivity contribution in [2.45, 2.75) is 78.7 Å². The summed E-state index contributed by atoms with van der Waals surface area (Å²) in [5, 5.41) is 12.6. The second-order valence-corrected chi connectivity index (χ2v) is 11.1. The van der Waals surface area contributed by atoms with Crippen LogP contribution in [0.5, 0.6) is 0 Å². The smallest absolute Gasteiger partial charge is 0.145 e. The molecule has 3 rings (SSSR count). The van der Waals surface area contributed by atoms with Crippen LogP contribution in [0.3, 0.4) is 0 Å². The number of carbonyl (C=O) groups is 1. The molecule has 0 aliphatic heterocycles. The van der Waals surface area contributed by atoms with E-state index in [1.54, 1.807) is 0 Å². The first-order chi connectivity index (χ1) is 14.9. The lowest BCUT2D eigenvalue weighted by Crippen LogP contribution is -2.62. The number of Topliss-reactive ketones (excluding diaryl/α,β-unsaturated/α-hetero) is 1. The molecular formula is C30H40O2. The first-order valence-electron chi connectivity index (χ1n) is 12.0. The molecule has 0 fully saturated rings. The quantitative estimate of drug-likeness (QED) is 0.501. The summed E-state index contributed by atoms with van der Waals surface area (Å²) in [4.78, 5) is 14.3. The molecular weight excluding hydrogens is 392 g/mol. The van der Waals surface area contributed by atoms with E-state index in [2.05, 4.69) is 58.9 Å². The molecule has 2 heteroatoms. The van der Waals surface area contributed by atoms with E-state index in [0.717, 1.165) is 29.5 Å². The number of carbonyl (C=O) groups excluding carboxylic acids is 1. The van der Waals surface area contributed by atoms with Crippen molar-refractivity contribution >= 4 is 11.4 Å². The number of hydrogen-bond acceptors (Lipinski definition) is 2. The molecule has 3 atom stereocenters. The number of hydrogen-bond donors (Lipinski definition) is 1. The van der Waals surface area contributed by atoms with Crippen molar-refractivity contribution in [3.63, 3.8) is 0 Å². The van der Waals surface area contributed by atoms with E-state index in [1.165, 1.54) is 0 Å². The molecule has 0 bridgehead atoms. The molecule has 32 heavy (non-hydrogen) atoms. The van der Waals surface area contributed by atoms with E-state index in [0.29, 0.717) is 6.42 Å². The van der Waals surface area contributed by atoms with E-state index in [9.17, 15) is 9.90 Å². The average molecular weight is 433 g/mol. The molecule has 0 saturated heterocycles. The SMILES string of the molecule is CCC(C)(C)C(=O)[C@H]1[C@@](O)(C(C)(C)CC)C=C(c2ccccc2)C[C@]1(C)c1ccccc1. The van der Waals surface area contributed by atoms with Gasteiger partial charge < -0.3 is 5.11 Å². The van der Waals surface area contributed by atoms with Gasteiger partial charge in [0.15, 0.2) is 0 Å². The van der Waals surface area contributed by atoms with Gasteiger partial charge in [0.05, 0.1) is 11.5 Å². The monoisotopic (exact) mass is 432 g/mol. The average Bonchev–Trinajstić information content (AvgIpc) is 2.79. The molecule has 2 nitrogen and oxygen atoms in total. The van der Waals surface area contributed by atoms with Gasteiger partial charge in [-0.15, -0.1) is 0 Å². The minimum atomic E-state index is -1.28. The number of allylic oxidation sites excluding steroid dienone is 1. The van der Waals surface area contributed by atoms with E-state index in [4.69, 9.17) is 0 Å². The Morgan fingerprint density at radius 2 is 1.47 bits per heavy atom. The fourth-order valence-electron chi connectivity index (χ4n) is 5.23. The lowest BCUT2D eigenvalue weighted by atomic mass is 9.49. The van der Waals surface area contributed by atoms with Crippen LogP contribution in [0.4, 0.5) is 0 Å². The van der Waals surface area contributed by atoms with Crippen molar-refractivity contribution in [2.24, 2.45) is 16.7 Å². The summed E-state index contributed by atoms with van der Waals surface area (Å²) in [6.45, 7) is 14.6. The Morgan fingerprint density at radius 3 is 1.97 bits per heavy atom. The topological polar surface area (TPSA) is 37.3 Å². The maximum absolute atomic E-state index is 14.3. The van der Waals surface area contributed by atoms with Crippen LogP contribution in [-0.2, 0) is 10.2 Å². The van der Waals surface area contributed by atoms with Gasteiger partial charge in [-0.1, -0.05) is 109 Å². The van der Waals surface area contributed by atoms with Gasteiger partial charge in [-0.25, -0.2) is 0 Å². The number of benzene rings is 2. The highest BCUT2D eigenvalue weighted by molar-refractivity contribution is 5.91. The van der Waals surface area contributed by atoms with Crippen molar-refractivity contribution in [1.82, 2.24) is 0 Å². The highest BCUT2D eigenvalue weighted by Gasteiger charge is 2.61. The van der Waals surface area contributed by atoms with Gasteiger partial charge in [-0.05, 0) is 47.5 Å². The van der Waals surface area contributed by atoms with Crippen molar-refractivity contribution in [3.8, 4) is 0 Å². The Kier molecular flexibility index (Phi) is 6.60. The predicted octanol–water partition coefficient (Wildman–Crippen LogP) is 7.22. The largest absolute Gasteiger partial charge is 0.384 e. The Hall–Kier alpha value is -2.19. The first kappa shape index (κ1) is 24.5. The summed E-state index contributed by atoms with van der Waals surface area (Å²) in [5.74, 6) is -0.395. The third kappa shape index (κ3) is 3.99. The maximum atomic E-state index is 14.3. The van der Waals surface area contributed by atoms with Crippen LogP contribution in [-0.4, -0.2) is 16.5 Å². The van der Waals surface area contributed by atoms with Crippen molar-refractivity contribution < 1.29 is 9.90 Å². The summed E-state index contributed by atoms with van der Waals surface area (Å²) in [7, 11) is 0. The van der Waals surface area contributed by atoms with Crippen LogP contribution in [0.2, 0.25) is 0 Å². The second-order valence-electron chi connectivity index (χ2n) is 11.1. The first-order valence-corrected chi connectivity index (χ1v) is 12.0. The lowest BCUT2D eigenvalue weighted by Gasteiger charge is -2.56. The molecule has 0 amide bonds. The standard InChI is InChI=1S/C30H40O2/c1-8-27(3,4)26(31)25-29(7,24-18-14-11-15-19-24)20-23(22-16-12-10-13-17-22)21-30(25,32)28(5,6)9-2/h10-19,21,25,32H,8-9,20H2,1-7H3/t25-,29-,30-/m1/s1. The highest BCUT2D eigenvalue weighted by atomic mass is 16.3. The summed E-state index contributed by atoms with van der Waals surface area (Å²) in [6, 6.07) is 20.6. The molecule has 0 unspecified atom stereocenters. The zero-order chi connectivity index (χ0) is 23.8. The van der Waals surface area contributed by atoms with Crippen molar-refractivity contribution in [1.29, 1.82) is 0 Å². The van der Waals surface area contributed by atoms with Crippen LogP contribution in [0.15, 0.2) is 66.7 Å². The van der Waals surface area contributed by atoms with E-state index in [-0.39, 0.29) is 5.78 Å². The minimum Gasteiger partial charge on any atom is -0.384 e. The summed E-state index contributed by atoms with van der Waals surface area (Å²) >= 11 is 0. The Balaban J connectivity index is 2.37. The zero-order valence-corrected chi connectivity index (χ0v) is 20.9. The molecule has 0 heterocycles. The van der Waals surface area contributed by atoms with Gasteiger partial charge in [-0.2, -0.15) is 0 Å². The van der Waals surface area contributed by atoms with E-state index < -0.39 is 27.8 Å². The Labute approximate surface area is 194 Å². The van der Waals surface area contributed by atoms with Gasteiger partial charge in [0.2, 0.25) is 0 Å². The summed E-state index contributed by atoms with van der Waals surface area (Å²) < 4.78 is 0. The number of ketones is 1. The highest BCUT2D eigenvalue weighted by Crippen LogP contribution is 2.57. The Bertz CT molecular complexity index is 970. The van der Waals surface area contributed by atoms with Crippen LogP contribution >= 0.6 is 0 Å². The van der Waals surface area contributed by atoms with Crippen LogP contribution in [0.25, 0.3) is 5.57 Å². The zero-order valence-electron chi connectivity index (χ0n) is 20.9. The summed E-state index contributed by atoms with van der Waals surface area (Å²) in [6.07, 6.45) is 4.25. The normalized spacial score (nSPS) is 26.5. The number of aliphatic hydroxyl groups is 1. The fourth-order valence-corrected chi connectivity index (χ4v) is 5.23. The molecule has 172 valence electrons. The van der Waals surface area contributed by atoms with Crippen molar-refractivity contribution in [3.05, 3.63) is 77.9 Å². The van der Waals surface area contributed by atoms with E-state index in [1.807, 2.05) is 56.3 Å². The van der Waals surface area contributed by atoms with Gasteiger partial charge in [-0.3, -0.25) is 4.79 Å². The lowest BCUT2D eigenvalue weighted by molar-refractivity contribution is -0.155. The molecule has 1 aliphatic rings. The van der Waals surface area contributed by atoms with Crippen LogP contribution in [0, 0.1) is 16.7 Å². The van der Waals surface area contributed by atoms with Crippen LogP contribution in [0.1, 0.15) is 78.9 Å². The van der Waals surface area contributed by atoms with Gasteiger partial charge in [0.1, 0.15) is 5.78 Å². The van der Waals surface area contributed by atoms with Gasteiger partial charge in [0, 0.05) is 10.8 Å². The molecule has 1 aliphatic carbocycles. The maximum Gasteiger partial charge on any atom is 0.145 e. The van der Waals surface area contributed by atoms with Crippen molar-refractivity contribution in [2.75, 3.05) is 0 Å². The molecule has 2 aromatic rings. The van der Waals surface area contributed by atoms with E-state index >= 15 is 0 Å². The summed E-state index contributed by atoms with van der Waals surface area (Å²) in [5.41, 5.74) is 0.521. The third-order valence-electron chi connectivity index (χ3n) is 8.39. The molecule has 0 aromatic heterocycles. The third-order valence-corrected chi connectivity index (χ3v) is 8.39. The van der Waals surface area contributed by atoms with Gasteiger partial charge in [0.25, 0.3) is 0 Å². The molecule has 0 saturated carbocycles. The Morgan fingerprint density at radius 1 is 0.938 bits per heavy atom.